The lowest BCUT2D eigenvalue weighted by Crippen LogP contribution is -2.18. The first-order valence-electron chi connectivity index (χ1n) is 7.36. The van der Waals surface area contributed by atoms with Gasteiger partial charge in [0.2, 0.25) is 0 Å². The Morgan fingerprint density at radius 3 is 2.60 bits per heavy atom. The number of carbonyl (C=O) groups is 1. The van der Waals surface area contributed by atoms with Gasteiger partial charge >= 0.3 is 0 Å². The number of hydrogen-bond donors (Lipinski definition) is 1. The Labute approximate surface area is 126 Å². The molecule has 0 saturated heterocycles. The number of carbonyl (C=O) groups excluding carboxylic acids is 1. The maximum absolute atomic E-state index is 12.3. The van der Waals surface area contributed by atoms with Crippen molar-refractivity contribution in [3.05, 3.63) is 16.4 Å². The van der Waals surface area contributed by atoms with E-state index in [1.807, 2.05) is 32.4 Å². The molecule has 114 valence electrons. The topological polar surface area (TPSA) is 60.9 Å². The summed E-state index contributed by atoms with van der Waals surface area (Å²) in [5.74, 6) is 0.275. The van der Waals surface area contributed by atoms with Gasteiger partial charge < -0.3 is 5.73 Å². The summed E-state index contributed by atoms with van der Waals surface area (Å²) in [5, 5.41) is 4.97. The fourth-order valence-corrected chi connectivity index (χ4v) is 2.49. The van der Waals surface area contributed by atoms with Crippen LogP contribution in [0.25, 0.3) is 0 Å². The zero-order valence-corrected chi connectivity index (χ0v) is 13.7. The van der Waals surface area contributed by atoms with Gasteiger partial charge in [0.1, 0.15) is 5.78 Å². The SMILES string of the molecule is CCn1nc(C)c(Cl)c1CC(=O)C(C)CCCC(C)N. The van der Waals surface area contributed by atoms with Crippen molar-refractivity contribution in [2.24, 2.45) is 11.7 Å². The van der Waals surface area contributed by atoms with Crippen molar-refractivity contribution >= 4 is 17.4 Å². The predicted molar refractivity (Wildman–Crippen MR) is 83.0 cm³/mol. The average Bonchev–Trinajstić information content (AvgIpc) is 2.65. The lowest BCUT2D eigenvalue weighted by atomic mass is 9.95. The second-order valence-electron chi connectivity index (χ2n) is 5.61. The lowest BCUT2D eigenvalue weighted by Gasteiger charge is -2.12. The number of hydrogen-bond acceptors (Lipinski definition) is 3. The average molecular weight is 300 g/mol. The standard InChI is InChI=1S/C15H26ClN3O/c1-5-19-13(15(16)12(4)18-19)9-14(20)10(2)7-6-8-11(3)17/h10-11H,5-9,17H2,1-4H3. The third-order valence-corrected chi connectivity index (χ3v) is 4.13. The highest BCUT2D eigenvalue weighted by Gasteiger charge is 2.19. The van der Waals surface area contributed by atoms with Crippen LogP contribution in [0.1, 0.15) is 51.4 Å². The molecule has 0 aliphatic rings. The molecule has 0 spiro atoms. The Morgan fingerprint density at radius 1 is 1.40 bits per heavy atom. The summed E-state index contributed by atoms with van der Waals surface area (Å²) in [4.78, 5) is 12.3. The molecule has 20 heavy (non-hydrogen) atoms. The molecule has 0 aliphatic carbocycles. The largest absolute Gasteiger partial charge is 0.328 e. The molecule has 1 heterocycles. The highest BCUT2D eigenvalue weighted by molar-refractivity contribution is 6.32. The number of ketones is 1. The molecule has 1 aromatic rings. The molecule has 2 unspecified atom stereocenters. The molecule has 0 aliphatic heterocycles. The number of rotatable bonds is 8. The first-order chi connectivity index (χ1) is 9.36. The number of Topliss-reactive ketones (excluding diaryl/α,β-unsaturated/α-hetero) is 1. The van der Waals surface area contributed by atoms with Gasteiger partial charge in [-0.1, -0.05) is 24.9 Å². The maximum atomic E-state index is 12.3. The molecule has 0 fully saturated rings. The van der Waals surface area contributed by atoms with E-state index in [0.29, 0.717) is 11.4 Å². The fraction of sp³-hybridized carbons (Fsp3) is 0.733. The molecule has 2 atom stereocenters. The first-order valence-corrected chi connectivity index (χ1v) is 7.74. The molecule has 0 saturated carbocycles. The van der Waals surface area contributed by atoms with Crippen LogP contribution in [-0.2, 0) is 17.8 Å². The first kappa shape index (κ1) is 17.2. The van der Waals surface area contributed by atoms with Crippen molar-refractivity contribution in [2.75, 3.05) is 0 Å². The van der Waals surface area contributed by atoms with Gasteiger partial charge in [-0.25, -0.2) is 0 Å². The molecule has 5 heteroatoms. The smallest absolute Gasteiger partial charge is 0.141 e. The second-order valence-corrected chi connectivity index (χ2v) is 5.99. The number of nitrogens with zero attached hydrogens (tertiary/aromatic N) is 2. The van der Waals surface area contributed by atoms with Gasteiger partial charge in [-0.15, -0.1) is 0 Å². The van der Waals surface area contributed by atoms with E-state index in [2.05, 4.69) is 5.10 Å². The fourth-order valence-electron chi connectivity index (χ4n) is 2.28. The number of aryl methyl sites for hydroxylation is 2. The van der Waals surface area contributed by atoms with Crippen LogP contribution in [0.5, 0.6) is 0 Å². The van der Waals surface area contributed by atoms with Gasteiger partial charge in [0.05, 0.1) is 22.8 Å². The van der Waals surface area contributed by atoms with E-state index in [1.165, 1.54) is 0 Å². The number of halogens is 1. The van der Waals surface area contributed by atoms with Crippen LogP contribution in [-0.4, -0.2) is 21.6 Å². The van der Waals surface area contributed by atoms with Gasteiger partial charge in [0.15, 0.2) is 0 Å². The molecular formula is C15H26ClN3O. The van der Waals surface area contributed by atoms with E-state index < -0.39 is 0 Å². The minimum atomic E-state index is 0.0466. The quantitative estimate of drug-likeness (QED) is 0.802. The summed E-state index contributed by atoms with van der Waals surface area (Å²) in [5.41, 5.74) is 7.36. The maximum Gasteiger partial charge on any atom is 0.141 e. The zero-order valence-electron chi connectivity index (χ0n) is 12.9. The predicted octanol–water partition coefficient (Wildman–Crippen LogP) is 3.13. The van der Waals surface area contributed by atoms with Crippen LogP contribution >= 0.6 is 11.6 Å². The van der Waals surface area contributed by atoms with Gasteiger partial charge in [-0.3, -0.25) is 9.48 Å². The van der Waals surface area contributed by atoms with E-state index in [-0.39, 0.29) is 17.7 Å². The Morgan fingerprint density at radius 2 is 2.05 bits per heavy atom. The Hall–Kier alpha value is -0.870. The highest BCUT2D eigenvalue weighted by Crippen LogP contribution is 2.22. The van der Waals surface area contributed by atoms with E-state index in [9.17, 15) is 4.79 Å². The monoisotopic (exact) mass is 299 g/mol. The molecular weight excluding hydrogens is 274 g/mol. The molecule has 2 N–H and O–H groups in total. The molecule has 0 radical (unpaired) electrons. The molecule has 0 bridgehead atoms. The van der Waals surface area contributed by atoms with Crippen molar-refractivity contribution in [2.45, 2.75) is 66.0 Å². The normalized spacial score (nSPS) is 14.3. The molecule has 4 nitrogen and oxygen atoms in total. The molecule has 0 aromatic carbocycles. The Bertz CT molecular complexity index is 454. The summed E-state index contributed by atoms with van der Waals surface area (Å²) in [7, 11) is 0. The van der Waals surface area contributed by atoms with E-state index in [4.69, 9.17) is 17.3 Å². The van der Waals surface area contributed by atoms with Gasteiger partial charge in [0, 0.05) is 18.5 Å². The van der Waals surface area contributed by atoms with Crippen molar-refractivity contribution in [1.82, 2.24) is 9.78 Å². The third-order valence-electron chi connectivity index (χ3n) is 3.64. The summed E-state index contributed by atoms with van der Waals surface area (Å²) in [6.45, 7) is 8.58. The van der Waals surface area contributed by atoms with Crippen molar-refractivity contribution < 1.29 is 4.79 Å². The van der Waals surface area contributed by atoms with Gasteiger partial charge in [0.25, 0.3) is 0 Å². The van der Waals surface area contributed by atoms with E-state index in [1.54, 1.807) is 0 Å². The van der Waals surface area contributed by atoms with Gasteiger partial charge in [-0.05, 0) is 33.6 Å². The molecule has 1 aromatic heterocycles. The second kappa shape index (κ2) is 7.79. The number of nitrogens with two attached hydrogens (primary N) is 1. The molecule has 1 rings (SSSR count). The third kappa shape index (κ3) is 4.60. The van der Waals surface area contributed by atoms with Crippen LogP contribution in [0.2, 0.25) is 5.02 Å². The summed E-state index contributed by atoms with van der Waals surface area (Å²) in [6.07, 6.45) is 3.21. The summed E-state index contributed by atoms with van der Waals surface area (Å²) in [6, 6.07) is 0.205. The van der Waals surface area contributed by atoms with Crippen LogP contribution < -0.4 is 5.73 Å². The van der Waals surface area contributed by atoms with Crippen molar-refractivity contribution in [3.63, 3.8) is 0 Å². The Balaban J connectivity index is 2.61. The zero-order chi connectivity index (χ0) is 15.3. The summed E-state index contributed by atoms with van der Waals surface area (Å²) >= 11 is 6.24. The Kier molecular flexibility index (Phi) is 6.69. The van der Waals surface area contributed by atoms with Gasteiger partial charge in [-0.2, -0.15) is 5.10 Å². The van der Waals surface area contributed by atoms with Crippen LogP contribution in [0.3, 0.4) is 0 Å². The minimum Gasteiger partial charge on any atom is -0.328 e. The molecule has 0 amide bonds. The van der Waals surface area contributed by atoms with E-state index in [0.717, 1.165) is 37.2 Å². The van der Waals surface area contributed by atoms with Crippen molar-refractivity contribution in [1.29, 1.82) is 0 Å². The van der Waals surface area contributed by atoms with E-state index >= 15 is 0 Å². The number of aromatic nitrogens is 2. The minimum absolute atomic E-state index is 0.0466. The van der Waals surface area contributed by atoms with Crippen molar-refractivity contribution in [3.8, 4) is 0 Å². The van der Waals surface area contributed by atoms with Crippen LogP contribution in [0.4, 0.5) is 0 Å². The lowest BCUT2D eigenvalue weighted by molar-refractivity contribution is -0.122. The summed E-state index contributed by atoms with van der Waals surface area (Å²) < 4.78 is 1.82. The van der Waals surface area contributed by atoms with Crippen LogP contribution in [0.15, 0.2) is 0 Å². The van der Waals surface area contributed by atoms with Crippen LogP contribution in [0, 0.1) is 12.8 Å². The highest BCUT2D eigenvalue weighted by atomic mass is 35.5.